The molecule has 0 aliphatic carbocycles. The molecule has 1 atom stereocenters. The minimum absolute atomic E-state index is 0.0378. The van der Waals surface area contributed by atoms with Crippen LogP contribution >= 0.6 is 0 Å². The van der Waals surface area contributed by atoms with Crippen molar-refractivity contribution in [3.8, 4) is 52.0 Å². The van der Waals surface area contributed by atoms with Crippen LogP contribution in [0.25, 0.3) is 11.3 Å². The Morgan fingerprint density at radius 2 is 1.63 bits per heavy atom. The van der Waals surface area contributed by atoms with Crippen molar-refractivity contribution in [2.24, 2.45) is 5.73 Å². The number of aromatic nitrogens is 2. The standard InChI is InChI=1S/C25H26N4O6/c1-6-34-16-8-7-13(9-18(16)31-3)23-22-21(15(12-26)24(27)35-25(22)29-28-23)14-10-19(32-4)20(33-5)11-17(14)30-2/h7-11,21H,6,27H2,1-5H3,(H,28,29). The first-order chi connectivity index (χ1) is 17.0. The molecule has 0 radical (unpaired) electrons. The number of nitrogens with zero attached hydrogens (tertiary/aromatic N) is 2. The number of allylic oxidation sites excluding steroid dienone is 1. The topological polar surface area (TPSA) is 134 Å². The smallest absolute Gasteiger partial charge is 0.244 e. The molecule has 10 heteroatoms. The minimum Gasteiger partial charge on any atom is -0.496 e. The lowest BCUT2D eigenvalue weighted by atomic mass is 9.82. The van der Waals surface area contributed by atoms with Crippen molar-refractivity contribution in [1.29, 1.82) is 5.26 Å². The van der Waals surface area contributed by atoms with Gasteiger partial charge in [-0.25, -0.2) is 0 Å². The molecule has 10 nitrogen and oxygen atoms in total. The third-order valence-electron chi connectivity index (χ3n) is 5.74. The zero-order valence-electron chi connectivity index (χ0n) is 20.1. The molecule has 2 heterocycles. The number of rotatable bonds is 8. The molecule has 1 aliphatic heterocycles. The third kappa shape index (κ3) is 4.01. The van der Waals surface area contributed by atoms with Gasteiger partial charge in [-0.2, -0.15) is 5.26 Å². The van der Waals surface area contributed by atoms with Gasteiger partial charge in [-0.3, -0.25) is 5.10 Å². The van der Waals surface area contributed by atoms with Gasteiger partial charge in [0.2, 0.25) is 11.8 Å². The lowest BCUT2D eigenvalue weighted by Gasteiger charge is -2.26. The van der Waals surface area contributed by atoms with Crippen molar-refractivity contribution in [3.63, 3.8) is 0 Å². The second-order valence-corrected chi connectivity index (χ2v) is 7.49. The molecule has 0 saturated carbocycles. The van der Waals surface area contributed by atoms with Crippen molar-refractivity contribution in [3.05, 3.63) is 52.9 Å². The maximum atomic E-state index is 10.1. The Bertz CT molecular complexity index is 1320. The van der Waals surface area contributed by atoms with Crippen LogP contribution in [0.2, 0.25) is 0 Å². The van der Waals surface area contributed by atoms with Crippen molar-refractivity contribution in [1.82, 2.24) is 10.2 Å². The summed E-state index contributed by atoms with van der Waals surface area (Å²) in [6, 6.07) is 11.2. The van der Waals surface area contributed by atoms with Gasteiger partial charge in [0.25, 0.3) is 0 Å². The van der Waals surface area contributed by atoms with E-state index in [4.69, 9.17) is 34.2 Å². The molecule has 0 fully saturated rings. The molecule has 1 unspecified atom stereocenters. The first-order valence-electron chi connectivity index (χ1n) is 10.8. The Hall–Kier alpha value is -4.52. The normalized spacial score (nSPS) is 14.5. The minimum atomic E-state index is -0.662. The lowest BCUT2D eigenvalue weighted by Crippen LogP contribution is -2.21. The van der Waals surface area contributed by atoms with Crippen LogP contribution < -0.4 is 34.2 Å². The monoisotopic (exact) mass is 478 g/mol. The van der Waals surface area contributed by atoms with E-state index < -0.39 is 5.92 Å². The second-order valence-electron chi connectivity index (χ2n) is 7.49. The average Bonchev–Trinajstić information content (AvgIpc) is 3.30. The molecule has 0 spiro atoms. The van der Waals surface area contributed by atoms with Gasteiger partial charge in [0.15, 0.2) is 23.0 Å². The Kier molecular flexibility index (Phi) is 6.59. The number of nitrogens with two attached hydrogens (primary N) is 1. The molecule has 0 amide bonds. The highest BCUT2D eigenvalue weighted by Crippen LogP contribution is 2.50. The average molecular weight is 479 g/mol. The molecule has 1 aliphatic rings. The predicted molar refractivity (Wildman–Crippen MR) is 127 cm³/mol. The maximum absolute atomic E-state index is 10.1. The van der Waals surface area contributed by atoms with Gasteiger partial charge in [0.1, 0.15) is 17.4 Å². The number of nitrogens with one attached hydrogen (secondary N) is 1. The van der Waals surface area contributed by atoms with E-state index in [-0.39, 0.29) is 17.3 Å². The summed E-state index contributed by atoms with van der Waals surface area (Å²) in [5.41, 5.74) is 8.99. The zero-order valence-corrected chi connectivity index (χ0v) is 20.1. The largest absolute Gasteiger partial charge is 0.496 e. The summed E-state index contributed by atoms with van der Waals surface area (Å²) in [5.74, 6) is 2.17. The van der Waals surface area contributed by atoms with E-state index in [9.17, 15) is 5.26 Å². The van der Waals surface area contributed by atoms with Gasteiger partial charge < -0.3 is 34.2 Å². The molecule has 1 aromatic heterocycles. The van der Waals surface area contributed by atoms with E-state index in [0.717, 1.165) is 5.56 Å². The van der Waals surface area contributed by atoms with E-state index in [2.05, 4.69) is 16.3 Å². The summed E-state index contributed by atoms with van der Waals surface area (Å²) >= 11 is 0. The van der Waals surface area contributed by atoms with Crippen molar-refractivity contribution >= 4 is 0 Å². The predicted octanol–water partition coefficient (Wildman–Crippen LogP) is 3.73. The molecule has 3 aromatic rings. The van der Waals surface area contributed by atoms with Crippen molar-refractivity contribution < 1.29 is 28.4 Å². The summed E-state index contributed by atoms with van der Waals surface area (Å²) < 4.78 is 33.5. The number of methoxy groups -OCH3 is 4. The molecule has 3 N–H and O–H groups in total. The van der Waals surface area contributed by atoms with Crippen molar-refractivity contribution in [2.75, 3.05) is 35.0 Å². The summed E-state index contributed by atoms with van der Waals surface area (Å²) in [5, 5.41) is 17.4. The molecule has 35 heavy (non-hydrogen) atoms. The van der Waals surface area contributed by atoms with Gasteiger partial charge in [-0.1, -0.05) is 0 Å². The van der Waals surface area contributed by atoms with E-state index in [1.165, 1.54) is 21.3 Å². The fraction of sp³-hybridized carbons (Fsp3) is 0.280. The highest BCUT2D eigenvalue weighted by molar-refractivity contribution is 5.74. The van der Waals surface area contributed by atoms with E-state index in [1.807, 2.05) is 25.1 Å². The number of nitriles is 1. The number of H-pyrrole nitrogens is 1. The fourth-order valence-electron chi connectivity index (χ4n) is 4.15. The summed E-state index contributed by atoms with van der Waals surface area (Å²) in [6.45, 7) is 2.40. The lowest BCUT2D eigenvalue weighted by molar-refractivity contribution is 0.311. The zero-order chi connectivity index (χ0) is 25.1. The fourth-order valence-corrected chi connectivity index (χ4v) is 4.15. The summed E-state index contributed by atoms with van der Waals surface area (Å²) in [7, 11) is 6.18. The second kappa shape index (κ2) is 9.77. The highest BCUT2D eigenvalue weighted by Gasteiger charge is 2.38. The number of hydrogen-bond donors (Lipinski definition) is 2. The molecular formula is C25H26N4O6. The Morgan fingerprint density at radius 3 is 2.26 bits per heavy atom. The first kappa shape index (κ1) is 23.6. The van der Waals surface area contributed by atoms with E-state index >= 15 is 0 Å². The number of hydrogen-bond acceptors (Lipinski definition) is 9. The molecule has 0 bridgehead atoms. The summed E-state index contributed by atoms with van der Waals surface area (Å²) in [4.78, 5) is 0. The van der Waals surface area contributed by atoms with Crippen LogP contribution in [0, 0.1) is 11.3 Å². The Labute approximate surface area is 202 Å². The SMILES string of the molecule is CCOc1ccc(-c2[nH]nc3c2C(c2cc(OC)c(OC)cc2OC)C(C#N)=C(N)O3)cc1OC. The molecule has 4 rings (SSSR count). The van der Waals surface area contributed by atoms with Crippen LogP contribution in [0.4, 0.5) is 0 Å². The first-order valence-corrected chi connectivity index (χ1v) is 10.8. The summed E-state index contributed by atoms with van der Waals surface area (Å²) in [6.07, 6.45) is 0. The van der Waals surface area contributed by atoms with Crippen LogP contribution in [0.3, 0.4) is 0 Å². The number of fused-ring (bicyclic) bond motifs is 1. The number of aromatic amines is 1. The molecule has 182 valence electrons. The van der Waals surface area contributed by atoms with Crippen molar-refractivity contribution in [2.45, 2.75) is 12.8 Å². The Morgan fingerprint density at radius 1 is 0.971 bits per heavy atom. The van der Waals surface area contributed by atoms with Crippen LogP contribution in [-0.2, 0) is 0 Å². The van der Waals surface area contributed by atoms with E-state index in [1.54, 1.807) is 19.2 Å². The van der Waals surface area contributed by atoms with Crippen LogP contribution in [0.15, 0.2) is 41.8 Å². The number of benzene rings is 2. The Balaban J connectivity index is 1.96. The van der Waals surface area contributed by atoms with Crippen LogP contribution in [0.5, 0.6) is 34.6 Å². The van der Waals surface area contributed by atoms with Gasteiger partial charge in [-0.05, 0) is 31.2 Å². The molecular weight excluding hydrogens is 452 g/mol. The quantitative estimate of drug-likeness (QED) is 0.497. The maximum Gasteiger partial charge on any atom is 0.244 e. The van der Waals surface area contributed by atoms with Crippen LogP contribution in [0.1, 0.15) is 24.0 Å². The van der Waals surface area contributed by atoms with Gasteiger partial charge in [-0.15, -0.1) is 5.10 Å². The van der Waals surface area contributed by atoms with E-state index in [0.29, 0.717) is 52.2 Å². The van der Waals surface area contributed by atoms with Crippen LogP contribution in [-0.4, -0.2) is 45.2 Å². The third-order valence-corrected chi connectivity index (χ3v) is 5.74. The van der Waals surface area contributed by atoms with Gasteiger partial charge in [0.05, 0.1) is 52.2 Å². The van der Waals surface area contributed by atoms with Gasteiger partial charge >= 0.3 is 0 Å². The molecule has 0 saturated heterocycles. The molecule has 2 aromatic carbocycles. The highest BCUT2D eigenvalue weighted by atomic mass is 16.5. The van der Waals surface area contributed by atoms with Gasteiger partial charge in [0, 0.05) is 17.2 Å². The number of ether oxygens (including phenoxy) is 6.